The number of carbonyl (C=O) groups is 2. The molecular formula is C26H28N2O4. The van der Waals surface area contributed by atoms with E-state index in [0.717, 1.165) is 12.8 Å². The number of anilines is 1. The molecule has 0 aromatic heterocycles. The maximum atomic E-state index is 12.5. The summed E-state index contributed by atoms with van der Waals surface area (Å²) in [7, 11) is 1.57. The fourth-order valence-electron chi connectivity index (χ4n) is 3.16. The molecule has 166 valence electrons. The van der Waals surface area contributed by atoms with Gasteiger partial charge < -0.3 is 20.1 Å². The monoisotopic (exact) mass is 432 g/mol. The van der Waals surface area contributed by atoms with Crippen molar-refractivity contribution in [3.8, 4) is 11.5 Å². The molecule has 3 rings (SSSR count). The van der Waals surface area contributed by atoms with Crippen molar-refractivity contribution in [3.63, 3.8) is 0 Å². The van der Waals surface area contributed by atoms with Crippen LogP contribution in [0.25, 0.3) is 0 Å². The van der Waals surface area contributed by atoms with Crippen LogP contribution in [-0.4, -0.2) is 31.6 Å². The largest absolute Gasteiger partial charge is 0.497 e. The topological polar surface area (TPSA) is 76.7 Å². The standard InChI is InChI=1S/C26H28N2O4/c1-19(11-12-20-7-4-3-5-8-20)27-26(30)21-13-15-23(16-14-21)32-18-25(29)28-22-9-6-10-24(17-22)31-2/h3-10,13-17,19H,11-12,18H2,1-2H3,(H,27,30)(H,28,29). The second-order valence-electron chi connectivity index (χ2n) is 7.49. The molecule has 3 aromatic carbocycles. The maximum Gasteiger partial charge on any atom is 0.262 e. The Labute approximate surface area is 188 Å². The van der Waals surface area contributed by atoms with Gasteiger partial charge in [-0.15, -0.1) is 0 Å². The summed E-state index contributed by atoms with van der Waals surface area (Å²) < 4.78 is 10.7. The van der Waals surface area contributed by atoms with Gasteiger partial charge in [-0.05, 0) is 61.7 Å². The second kappa shape index (κ2) is 11.6. The molecule has 0 spiro atoms. The molecule has 0 aliphatic carbocycles. The summed E-state index contributed by atoms with van der Waals surface area (Å²) >= 11 is 0. The predicted molar refractivity (Wildman–Crippen MR) is 125 cm³/mol. The second-order valence-corrected chi connectivity index (χ2v) is 7.49. The number of rotatable bonds is 10. The number of benzene rings is 3. The van der Waals surface area contributed by atoms with Gasteiger partial charge in [0, 0.05) is 23.4 Å². The molecule has 32 heavy (non-hydrogen) atoms. The summed E-state index contributed by atoms with van der Waals surface area (Å²) in [6, 6.07) is 24.1. The van der Waals surface area contributed by atoms with E-state index in [1.165, 1.54) is 5.56 Å². The summed E-state index contributed by atoms with van der Waals surface area (Å²) in [6.07, 6.45) is 1.77. The Morgan fingerprint density at radius 2 is 1.66 bits per heavy atom. The Bertz CT molecular complexity index is 1020. The Morgan fingerprint density at radius 1 is 0.906 bits per heavy atom. The SMILES string of the molecule is COc1cccc(NC(=O)COc2ccc(C(=O)NC(C)CCc3ccccc3)cc2)c1. The summed E-state index contributed by atoms with van der Waals surface area (Å²) in [5, 5.41) is 5.77. The first-order valence-corrected chi connectivity index (χ1v) is 10.5. The maximum absolute atomic E-state index is 12.5. The highest BCUT2D eigenvalue weighted by molar-refractivity contribution is 5.94. The molecule has 0 heterocycles. The minimum atomic E-state index is -0.285. The van der Waals surface area contributed by atoms with Crippen molar-refractivity contribution in [2.75, 3.05) is 19.0 Å². The molecular weight excluding hydrogens is 404 g/mol. The van der Waals surface area contributed by atoms with Crippen LogP contribution in [0.5, 0.6) is 11.5 Å². The minimum Gasteiger partial charge on any atom is -0.497 e. The molecule has 6 nitrogen and oxygen atoms in total. The molecule has 0 bridgehead atoms. The Hall–Kier alpha value is -3.80. The molecule has 2 amide bonds. The fourth-order valence-corrected chi connectivity index (χ4v) is 3.16. The summed E-state index contributed by atoms with van der Waals surface area (Å²) in [5.74, 6) is 0.756. The van der Waals surface area contributed by atoms with Crippen molar-refractivity contribution in [2.45, 2.75) is 25.8 Å². The van der Waals surface area contributed by atoms with Crippen LogP contribution in [0.2, 0.25) is 0 Å². The highest BCUT2D eigenvalue weighted by Gasteiger charge is 2.11. The normalized spacial score (nSPS) is 11.3. The first-order valence-electron chi connectivity index (χ1n) is 10.5. The van der Waals surface area contributed by atoms with Gasteiger partial charge in [-0.1, -0.05) is 36.4 Å². The average Bonchev–Trinajstić information content (AvgIpc) is 2.82. The number of ether oxygens (including phenoxy) is 2. The summed E-state index contributed by atoms with van der Waals surface area (Å²) in [4.78, 5) is 24.6. The van der Waals surface area contributed by atoms with Gasteiger partial charge >= 0.3 is 0 Å². The van der Waals surface area contributed by atoms with Crippen molar-refractivity contribution in [1.29, 1.82) is 0 Å². The van der Waals surface area contributed by atoms with Gasteiger partial charge in [0.25, 0.3) is 11.8 Å². The van der Waals surface area contributed by atoms with Gasteiger partial charge in [0.15, 0.2) is 6.61 Å². The molecule has 0 aliphatic rings. The van der Waals surface area contributed by atoms with Crippen LogP contribution in [0.15, 0.2) is 78.9 Å². The number of hydrogen-bond donors (Lipinski definition) is 2. The lowest BCUT2D eigenvalue weighted by atomic mass is 10.1. The third kappa shape index (κ3) is 7.16. The molecule has 2 N–H and O–H groups in total. The lowest BCUT2D eigenvalue weighted by molar-refractivity contribution is -0.118. The van der Waals surface area contributed by atoms with Crippen LogP contribution in [-0.2, 0) is 11.2 Å². The Morgan fingerprint density at radius 3 is 2.38 bits per heavy atom. The zero-order valence-corrected chi connectivity index (χ0v) is 18.3. The highest BCUT2D eigenvalue weighted by Crippen LogP contribution is 2.17. The van der Waals surface area contributed by atoms with E-state index >= 15 is 0 Å². The molecule has 0 aliphatic heterocycles. The number of aryl methyl sites for hydroxylation is 1. The molecule has 1 unspecified atom stereocenters. The van der Waals surface area contributed by atoms with Crippen molar-refractivity contribution < 1.29 is 19.1 Å². The summed E-state index contributed by atoms with van der Waals surface area (Å²) in [5.41, 5.74) is 2.43. The van der Waals surface area contributed by atoms with Crippen LogP contribution in [0, 0.1) is 0 Å². The van der Waals surface area contributed by atoms with E-state index in [9.17, 15) is 9.59 Å². The molecule has 1 atom stereocenters. The van der Waals surface area contributed by atoms with E-state index in [1.807, 2.05) is 25.1 Å². The van der Waals surface area contributed by atoms with E-state index in [2.05, 4.69) is 22.8 Å². The molecule has 0 radical (unpaired) electrons. The van der Waals surface area contributed by atoms with Crippen molar-refractivity contribution in [1.82, 2.24) is 5.32 Å². The van der Waals surface area contributed by atoms with Crippen LogP contribution < -0.4 is 20.1 Å². The van der Waals surface area contributed by atoms with Crippen LogP contribution in [0.4, 0.5) is 5.69 Å². The minimum absolute atomic E-state index is 0.0546. The number of hydrogen-bond acceptors (Lipinski definition) is 4. The van der Waals surface area contributed by atoms with Crippen molar-refractivity contribution in [2.24, 2.45) is 0 Å². The summed E-state index contributed by atoms with van der Waals surface area (Å²) in [6.45, 7) is 1.86. The molecule has 3 aromatic rings. The van der Waals surface area contributed by atoms with Crippen molar-refractivity contribution >= 4 is 17.5 Å². The lowest BCUT2D eigenvalue weighted by Crippen LogP contribution is -2.32. The van der Waals surface area contributed by atoms with Crippen molar-refractivity contribution in [3.05, 3.63) is 90.0 Å². The van der Waals surface area contributed by atoms with Gasteiger partial charge in [0.2, 0.25) is 0 Å². The smallest absolute Gasteiger partial charge is 0.262 e. The Balaban J connectivity index is 1.43. The van der Waals surface area contributed by atoms with E-state index in [1.54, 1.807) is 55.6 Å². The van der Waals surface area contributed by atoms with Gasteiger partial charge in [0.05, 0.1) is 7.11 Å². The highest BCUT2D eigenvalue weighted by atomic mass is 16.5. The number of carbonyl (C=O) groups excluding carboxylic acids is 2. The first kappa shape index (κ1) is 22.9. The van der Waals surface area contributed by atoms with Gasteiger partial charge in [-0.3, -0.25) is 9.59 Å². The van der Waals surface area contributed by atoms with Crippen LogP contribution in [0.3, 0.4) is 0 Å². The first-order chi connectivity index (χ1) is 15.5. The molecule has 6 heteroatoms. The molecule has 0 saturated carbocycles. The third-order valence-corrected chi connectivity index (χ3v) is 4.93. The molecule has 0 saturated heterocycles. The third-order valence-electron chi connectivity index (χ3n) is 4.93. The number of amides is 2. The van der Waals surface area contributed by atoms with E-state index in [-0.39, 0.29) is 24.5 Å². The Kier molecular flexibility index (Phi) is 8.26. The van der Waals surface area contributed by atoms with Crippen LogP contribution >= 0.6 is 0 Å². The number of nitrogens with one attached hydrogen (secondary N) is 2. The number of methoxy groups -OCH3 is 1. The predicted octanol–water partition coefficient (Wildman–Crippen LogP) is 4.46. The molecule has 0 fully saturated rings. The van der Waals surface area contributed by atoms with Gasteiger partial charge in [-0.25, -0.2) is 0 Å². The van der Waals surface area contributed by atoms with Crippen LogP contribution in [0.1, 0.15) is 29.3 Å². The van der Waals surface area contributed by atoms with E-state index in [4.69, 9.17) is 9.47 Å². The van der Waals surface area contributed by atoms with Gasteiger partial charge in [-0.2, -0.15) is 0 Å². The van der Waals surface area contributed by atoms with Gasteiger partial charge in [0.1, 0.15) is 11.5 Å². The fraction of sp³-hybridized carbons (Fsp3) is 0.231. The zero-order valence-electron chi connectivity index (χ0n) is 18.3. The van der Waals surface area contributed by atoms with E-state index < -0.39 is 0 Å². The van der Waals surface area contributed by atoms with E-state index in [0.29, 0.717) is 22.7 Å². The lowest BCUT2D eigenvalue weighted by Gasteiger charge is -2.14. The zero-order chi connectivity index (χ0) is 22.8. The average molecular weight is 433 g/mol. The quantitative estimate of drug-likeness (QED) is 0.496.